The molecule has 0 unspecified atom stereocenters. The lowest BCUT2D eigenvalue weighted by atomic mass is 10.1. The van der Waals surface area contributed by atoms with Gasteiger partial charge in [-0.2, -0.15) is 0 Å². The number of esters is 1. The van der Waals surface area contributed by atoms with Crippen LogP contribution in [0.5, 0.6) is 0 Å². The Bertz CT molecular complexity index is 769. The molecule has 130 valence electrons. The van der Waals surface area contributed by atoms with E-state index in [9.17, 15) is 14.4 Å². The van der Waals surface area contributed by atoms with Crippen molar-refractivity contribution >= 4 is 29.0 Å². The normalized spacial score (nSPS) is 10.0. The van der Waals surface area contributed by atoms with Crippen molar-refractivity contribution in [2.45, 2.75) is 13.8 Å². The second-order valence-electron chi connectivity index (χ2n) is 5.30. The summed E-state index contributed by atoms with van der Waals surface area (Å²) in [6.45, 7) is 3.55. The zero-order valence-electron chi connectivity index (χ0n) is 14.2. The van der Waals surface area contributed by atoms with E-state index < -0.39 is 5.97 Å². The monoisotopic (exact) mass is 340 g/mol. The number of benzene rings is 2. The molecule has 0 atom stereocenters. The van der Waals surface area contributed by atoms with E-state index in [1.54, 1.807) is 55.5 Å². The largest absolute Gasteiger partial charge is 0.462 e. The molecule has 2 N–H and O–H groups in total. The third-order valence-electron chi connectivity index (χ3n) is 3.43. The number of hydrogen-bond acceptors (Lipinski definition) is 5. The Labute approximate surface area is 146 Å². The summed E-state index contributed by atoms with van der Waals surface area (Å²) in [6.07, 6.45) is 0. The molecule has 1 amide bonds. The van der Waals surface area contributed by atoms with Gasteiger partial charge in [-0.1, -0.05) is 12.1 Å². The fourth-order valence-electron chi connectivity index (χ4n) is 2.23. The van der Waals surface area contributed by atoms with Crippen molar-refractivity contribution in [3.8, 4) is 0 Å². The van der Waals surface area contributed by atoms with Gasteiger partial charge < -0.3 is 15.4 Å². The van der Waals surface area contributed by atoms with Gasteiger partial charge in [0, 0.05) is 16.9 Å². The topological polar surface area (TPSA) is 84.5 Å². The molecule has 0 aliphatic heterocycles. The van der Waals surface area contributed by atoms with E-state index >= 15 is 0 Å². The van der Waals surface area contributed by atoms with E-state index in [2.05, 4.69) is 10.6 Å². The van der Waals surface area contributed by atoms with Crippen LogP contribution in [0.25, 0.3) is 0 Å². The molecule has 2 aromatic rings. The van der Waals surface area contributed by atoms with Gasteiger partial charge in [-0.05, 0) is 50.2 Å². The van der Waals surface area contributed by atoms with E-state index in [0.717, 1.165) is 0 Å². The van der Waals surface area contributed by atoms with E-state index in [1.165, 1.54) is 6.92 Å². The summed E-state index contributed by atoms with van der Waals surface area (Å²) in [6, 6.07) is 13.5. The maximum absolute atomic E-state index is 12.0. The standard InChI is InChI=1S/C19H20N2O4/c1-3-25-19(24)14-8-10-15(11-9-14)21-18(23)12-20-17-7-5-4-6-16(17)13(2)22/h4-11,20H,3,12H2,1-2H3,(H,21,23). The van der Waals surface area contributed by atoms with Gasteiger partial charge in [0.1, 0.15) is 0 Å². The van der Waals surface area contributed by atoms with E-state index in [1.807, 2.05) is 0 Å². The molecule has 0 heterocycles. The molecule has 0 bridgehead atoms. The summed E-state index contributed by atoms with van der Waals surface area (Å²) in [5.74, 6) is -0.733. The molecule has 0 aliphatic rings. The molecule has 0 spiro atoms. The Morgan fingerprint density at radius 1 is 1.00 bits per heavy atom. The predicted octanol–water partition coefficient (Wildman–Crippen LogP) is 3.12. The first-order valence-electron chi connectivity index (χ1n) is 7.92. The minimum atomic E-state index is -0.400. The lowest BCUT2D eigenvalue weighted by molar-refractivity contribution is -0.114. The average molecular weight is 340 g/mol. The Morgan fingerprint density at radius 2 is 1.68 bits per heavy atom. The zero-order valence-corrected chi connectivity index (χ0v) is 14.2. The lowest BCUT2D eigenvalue weighted by Crippen LogP contribution is -2.22. The molecule has 2 aromatic carbocycles. The van der Waals surface area contributed by atoms with Crippen LogP contribution < -0.4 is 10.6 Å². The lowest BCUT2D eigenvalue weighted by Gasteiger charge is -2.11. The number of amides is 1. The van der Waals surface area contributed by atoms with Crippen LogP contribution in [0.4, 0.5) is 11.4 Å². The summed E-state index contributed by atoms with van der Waals surface area (Å²) in [7, 11) is 0. The number of nitrogens with one attached hydrogen (secondary N) is 2. The number of hydrogen-bond donors (Lipinski definition) is 2. The maximum Gasteiger partial charge on any atom is 0.338 e. The van der Waals surface area contributed by atoms with Crippen molar-refractivity contribution in [1.29, 1.82) is 0 Å². The molecule has 0 aromatic heterocycles. The predicted molar refractivity (Wildman–Crippen MR) is 96.0 cm³/mol. The molecule has 0 saturated carbocycles. The number of ketones is 1. The molecular weight excluding hydrogens is 320 g/mol. The smallest absolute Gasteiger partial charge is 0.338 e. The number of anilines is 2. The highest BCUT2D eigenvalue weighted by Crippen LogP contribution is 2.15. The first kappa shape index (κ1) is 18.2. The minimum absolute atomic E-state index is 0.0178. The third kappa shape index (κ3) is 5.17. The van der Waals surface area contributed by atoms with E-state index in [4.69, 9.17) is 4.74 Å². The molecule has 25 heavy (non-hydrogen) atoms. The van der Waals surface area contributed by atoms with Gasteiger partial charge in [-0.25, -0.2) is 4.79 Å². The van der Waals surface area contributed by atoms with Gasteiger partial charge in [0.05, 0.1) is 18.7 Å². The van der Waals surface area contributed by atoms with Crippen molar-refractivity contribution in [3.05, 3.63) is 59.7 Å². The minimum Gasteiger partial charge on any atom is -0.462 e. The highest BCUT2D eigenvalue weighted by molar-refractivity contribution is 6.01. The summed E-state index contributed by atoms with van der Waals surface area (Å²) in [4.78, 5) is 35.2. The molecule has 0 radical (unpaired) electrons. The van der Waals surface area contributed by atoms with Crippen LogP contribution in [-0.4, -0.2) is 30.8 Å². The Morgan fingerprint density at radius 3 is 2.32 bits per heavy atom. The molecule has 0 fully saturated rings. The Balaban J connectivity index is 1.93. The van der Waals surface area contributed by atoms with Gasteiger partial charge in [0.2, 0.25) is 5.91 Å². The molecule has 0 saturated heterocycles. The third-order valence-corrected chi connectivity index (χ3v) is 3.43. The quantitative estimate of drug-likeness (QED) is 0.597. The van der Waals surface area contributed by atoms with E-state index in [-0.39, 0.29) is 18.2 Å². The molecular formula is C19H20N2O4. The van der Waals surface area contributed by atoms with E-state index in [0.29, 0.717) is 29.1 Å². The second-order valence-corrected chi connectivity index (χ2v) is 5.30. The maximum atomic E-state index is 12.0. The Kier molecular flexibility index (Phi) is 6.28. The summed E-state index contributed by atoms with van der Waals surface area (Å²) in [5.41, 5.74) is 2.14. The van der Waals surface area contributed by atoms with Crippen molar-refractivity contribution in [1.82, 2.24) is 0 Å². The fourth-order valence-corrected chi connectivity index (χ4v) is 2.23. The zero-order chi connectivity index (χ0) is 18.2. The van der Waals surface area contributed by atoms with Crippen LogP contribution in [0.1, 0.15) is 34.6 Å². The van der Waals surface area contributed by atoms with Gasteiger partial charge >= 0.3 is 5.97 Å². The summed E-state index contributed by atoms with van der Waals surface area (Å²) >= 11 is 0. The molecule has 2 rings (SSSR count). The first-order valence-corrected chi connectivity index (χ1v) is 7.92. The van der Waals surface area contributed by atoms with Crippen LogP contribution in [0, 0.1) is 0 Å². The number of para-hydroxylation sites is 1. The molecule has 0 aliphatic carbocycles. The fraction of sp³-hybridized carbons (Fsp3) is 0.211. The number of rotatable bonds is 7. The highest BCUT2D eigenvalue weighted by atomic mass is 16.5. The summed E-state index contributed by atoms with van der Waals surface area (Å²) < 4.78 is 4.90. The molecule has 6 nitrogen and oxygen atoms in total. The van der Waals surface area contributed by atoms with Crippen molar-refractivity contribution in [2.75, 3.05) is 23.8 Å². The van der Waals surface area contributed by atoms with Crippen LogP contribution in [0.2, 0.25) is 0 Å². The van der Waals surface area contributed by atoms with Crippen molar-refractivity contribution < 1.29 is 19.1 Å². The number of carbonyl (C=O) groups excluding carboxylic acids is 3. The van der Waals surface area contributed by atoms with Gasteiger partial charge in [0.15, 0.2) is 5.78 Å². The van der Waals surface area contributed by atoms with Crippen LogP contribution >= 0.6 is 0 Å². The number of carbonyl (C=O) groups is 3. The number of Topliss-reactive ketones (excluding diaryl/α,β-unsaturated/α-hetero) is 1. The number of ether oxygens (including phenoxy) is 1. The van der Waals surface area contributed by atoms with Crippen LogP contribution in [-0.2, 0) is 9.53 Å². The summed E-state index contributed by atoms with van der Waals surface area (Å²) in [5, 5.41) is 5.67. The van der Waals surface area contributed by atoms with Crippen LogP contribution in [0.3, 0.4) is 0 Å². The first-order chi connectivity index (χ1) is 12.0. The average Bonchev–Trinajstić information content (AvgIpc) is 2.61. The van der Waals surface area contributed by atoms with Gasteiger partial charge in [-0.15, -0.1) is 0 Å². The van der Waals surface area contributed by atoms with Gasteiger partial charge in [-0.3, -0.25) is 9.59 Å². The highest BCUT2D eigenvalue weighted by Gasteiger charge is 2.09. The molecule has 6 heteroatoms. The SMILES string of the molecule is CCOC(=O)c1ccc(NC(=O)CNc2ccccc2C(C)=O)cc1. The second kappa shape index (κ2) is 8.63. The van der Waals surface area contributed by atoms with Crippen molar-refractivity contribution in [3.63, 3.8) is 0 Å². The van der Waals surface area contributed by atoms with Crippen molar-refractivity contribution in [2.24, 2.45) is 0 Å². The Hall–Kier alpha value is -3.15. The van der Waals surface area contributed by atoms with Crippen LogP contribution in [0.15, 0.2) is 48.5 Å². The van der Waals surface area contributed by atoms with Gasteiger partial charge in [0.25, 0.3) is 0 Å².